The topological polar surface area (TPSA) is 0 Å². The first-order valence-corrected chi connectivity index (χ1v) is 5.54. The van der Waals surface area contributed by atoms with Crippen LogP contribution < -0.4 is 0 Å². The summed E-state index contributed by atoms with van der Waals surface area (Å²) in [6, 6.07) is 7.33. The highest BCUT2D eigenvalue weighted by Crippen LogP contribution is 2.09. The summed E-state index contributed by atoms with van der Waals surface area (Å²) in [5.41, 5.74) is 0.912. The SMILES string of the molecule is ClCCC(Cl)C#Cc1ccc(Cl)cc1. The van der Waals surface area contributed by atoms with E-state index in [2.05, 4.69) is 11.8 Å². The minimum atomic E-state index is -0.178. The Morgan fingerprint density at radius 2 is 1.86 bits per heavy atom. The van der Waals surface area contributed by atoms with Crippen LogP contribution in [0.2, 0.25) is 5.02 Å². The van der Waals surface area contributed by atoms with Crippen LogP contribution in [0.1, 0.15) is 12.0 Å². The van der Waals surface area contributed by atoms with Crippen LogP contribution in [-0.2, 0) is 0 Å². The van der Waals surface area contributed by atoms with Gasteiger partial charge in [0.25, 0.3) is 0 Å². The molecule has 0 aromatic heterocycles. The van der Waals surface area contributed by atoms with Gasteiger partial charge in [-0.3, -0.25) is 0 Å². The molecule has 0 aliphatic heterocycles. The highest BCUT2D eigenvalue weighted by molar-refractivity contribution is 6.30. The van der Waals surface area contributed by atoms with Gasteiger partial charge in [0.05, 0.1) is 5.38 Å². The molecule has 0 radical (unpaired) electrons. The molecule has 1 rings (SSSR count). The van der Waals surface area contributed by atoms with Gasteiger partial charge < -0.3 is 0 Å². The normalized spacial score (nSPS) is 11.6. The van der Waals surface area contributed by atoms with Crippen LogP contribution in [0.5, 0.6) is 0 Å². The third-order valence-corrected chi connectivity index (χ3v) is 2.38. The van der Waals surface area contributed by atoms with Gasteiger partial charge in [-0.25, -0.2) is 0 Å². The van der Waals surface area contributed by atoms with Crippen LogP contribution in [0, 0.1) is 11.8 Å². The Kier molecular flexibility index (Phi) is 5.19. The van der Waals surface area contributed by atoms with Gasteiger partial charge in [-0.05, 0) is 30.7 Å². The molecule has 1 atom stereocenters. The molecule has 0 fully saturated rings. The maximum atomic E-state index is 5.88. The van der Waals surface area contributed by atoms with Crippen molar-refractivity contribution < 1.29 is 0 Å². The fourth-order valence-corrected chi connectivity index (χ4v) is 1.48. The lowest BCUT2D eigenvalue weighted by Crippen LogP contribution is -1.94. The molecular weight excluding hydrogens is 238 g/mol. The van der Waals surface area contributed by atoms with E-state index < -0.39 is 0 Å². The van der Waals surface area contributed by atoms with Gasteiger partial charge in [-0.2, -0.15) is 0 Å². The van der Waals surface area contributed by atoms with Crippen LogP contribution in [-0.4, -0.2) is 11.3 Å². The highest BCUT2D eigenvalue weighted by atomic mass is 35.5. The van der Waals surface area contributed by atoms with E-state index in [0.29, 0.717) is 17.3 Å². The zero-order valence-electron chi connectivity index (χ0n) is 7.43. The van der Waals surface area contributed by atoms with Crippen molar-refractivity contribution in [3.63, 3.8) is 0 Å². The minimum Gasteiger partial charge on any atom is -0.127 e. The summed E-state index contributed by atoms with van der Waals surface area (Å²) in [4.78, 5) is 0. The van der Waals surface area contributed by atoms with Gasteiger partial charge in [0.2, 0.25) is 0 Å². The first-order valence-electron chi connectivity index (χ1n) is 4.19. The van der Waals surface area contributed by atoms with E-state index in [1.807, 2.05) is 12.1 Å². The highest BCUT2D eigenvalue weighted by Gasteiger charge is 1.96. The van der Waals surface area contributed by atoms with E-state index >= 15 is 0 Å². The van der Waals surface area contributed by atoms with Crippen molar-refractivity contribution in [2.75, 3.05) is 5.88 Å². The van der Waals surface area contributed by atoms with Crippen molar-refractivity contribution in [2.45, 2.75) is 11.8 Å². The number of rotatable bonds is 2. The predicted molar refractivity (Wildman–Crippen MR) is 63.3 cm³/mol. The number of halogens is 3. The lowest BCUT2D eigenvalue weighted by atomic mass is 10.2. The number of hydrogen-bond acceptors (Lipinski definition) is 0. The minimum absolute atomic E-state index is 0.178. The maximum absolute atomic E-state index is 5.88. The van der Waals surface area contributed by atoms with E-state index in [4.69, 9.17) is 34.8 Å². The Balaban J connectivity index is 2.63. The lowest BCUT2D eigenvalue weighted by molar-refractivity contribution is 0.999. The molecule has 0 saturated heterocycles. The van der Waals surface area contributed by atoms with Crippen LogP contribution in [0.25, 0.3) is 0 Å². The molecule has 1 aromatic carbocycles. The molecule has 1 unspecified atom stereocenters. The molecule has 1 aromatic rings. The third kappa shape index (κ3) is 4.24. The van der Waals surface area contributed by atoms with Gasteiger partial charge in [-0.15, -0.1) is 23.2 Å². The summed E-state index contributed by atoms with van der Waals surface area (Å²) in [6.07, 6.45) is 0.698. The van der Waals surface area contributed by atoms with Crippen LogP contribution in [0.4, 0.5) is 0 Å². The molecule has 0 amide bonds. The summed E-state index contributed by atoms with van der Waals surface area (Å²) < 4.78 is 0. The molecule has 74 valence electrons. The Hall–Kier alpha value is -0.350. The van der Waals surface area contributed by atoms with Crippen LogP contribution in [0.15, 0.2) is 24.3 Å². The van der Waals surface area contributed by atoms with Gasteiger partial charge >= 0.3 is 0 Å². The number of hydrogen-bond donors (Lipinski definition) is 0. The van der Waals surface area contributed by atoms with Crippen LogP contribution in [0.3, 0.4) is 0 Å². The largest absolute Gasteiger partial charge is 0.127 e. The van der Waals surface area contributed by atoms with Gasteiger partial charge in [0.1, 0.15) is 0 Å². The van der Waals surface area contributed by atoms with Crippen molar-refractivity contribution in [3.05, 3.63) is 34.9 Å². The predicted octanol–water partition coefficient (Wildman–Crippen LogP) is 3.93. The summed E-state index contributed by atoms with van der Waals surface area (Å²) in [7, 11) is 0. The number of benzene rings is 1. The first kappa shape index (κ1) is 11.7. The second-order valence-electron chi connectivity index (χ2n) is 2.72. The van der Waals surface area contributed by atoms with Gasteiger partial charge in [0.15, 0.2) is 0 Å². The van der Waals surface area contributed by atoms with Crippen molar-refractivity contribution in [3.8, 4) is 11.8 Å². The van der Waals surface area contributed by atoms with E-state index in [9.17, 15) is 0 Å². The molecule has 14 heavy (non-hydrogen) atoms. The molecule has 0 aliphatic carbocycles. The molecule has 3 heteroatoms. The van der Waals surface area contributed by atoms with Crippen molar-refractivity contribution in [1.82, 2.24) is 0 Å². The summed E-state index contributed by atoms with van der Waals surface area (Å²) in [5, 5.41) is 0.530. The van der Waals surface area contributed by atoms with E-state index in [1.165, 1.54) is 0 Å². The Morgan fingerprint density at radius 3 is 2.43 bits per heavy atom. The third-order valence-electron chi connectivity index (χ3n) is 1.58. The first-order chi connectivity index (χ1) is 6.72. The molecule has 0 heterocycles. The van der Waals surface area contributed by atoms with E-state index in [1.54, 1.807) is 12.1 Å². The monoisotopic (exact) mass is 246 g/mol. The lowest BCUT2D eigenvalue weighted by Gasteiger charge is -1.95. The molecule has 0 N–H and O–H groups in total. The van der Waals surface area contributed by atoms with Gasteiger partial charge in [0, 0.05) is 16.5 Å². The van der Waals surface area contributed by atoms with E-state index in [0.717, 1.165) is 5.56 Å². The van der Waals surface area contributed by atoms with Crippen molar-refractivity contribution in [2.24, 2.45) is 0 Å². The second kappa shape index (κ2) is 6.19. The number of alkyl halides is 2. The van der Waals surface area contributed by atoms with Crippen molar-refractivity contribution in [1.29, 1.82) is 0 Å². The molecule has 0 bridgehead atoms. The van der Waals surface area contributed by atoms with E-state index in [-0.39, 0.29) is 5.38 Å². The second-order valence-corrected chi connectivity index (χ2v) is 4.06. The summed E-state index contributed by atoms with van der Waals surface area (Å²) in [5.74, 6) is 6.40. The quantitative estimate of drug-likeness (QED) is 0.549. The smallest absolute Gasteiger partial charge is 0.0958 e. The zero-order chi connectivity index (χ0) is 10.4. The Morgan fingerprint density at radius 1 is 1.21 bits per heavy atom. The Labute approximate surface area is 99.2 Å². The maximum Gasteiger partial charge on any atom is 0.0958 e. The van der Waals surface area contributed by atoms with Crippen molar-refractivity contribution >= 4 is 34.8 Å². The van der Waals surface area contributed by atoms with Crippen LogP contribution >= 0.6 is 34.8 Å². The van der Waals surface area contributed by atoms with Gasteiger partial charge in [-0.1, -0.05) is 23.4 Å². The standard InChI is InChI=1S/C11H9Cl3/c12-8-7-11(14)6-3-9-1-4-10(13)5-2-9/h1-2,4-5,11H,7-8H2. The fraction of sp³-hybridized carbons (Fsp3) is 0.273. The molecule has 0 spiro atoms. The molecule has 0 nitrogen and oxygen atoms in total. The summed E-state index contributed by atoms with van der Waals surface area (Å²) >= 11 is 17.1. The fourth-order valence-electron chi connectivity index (χ4n) is 0.863. The average Bonchev–Trinajstić information content (AvgIpc) is 2.17. The summed E-state index contributed by atoms with van der Waals surface area (Å²) in [6.45, 7) is 0. The molecular formula is C11H9Cl3. The average molecular weight is 248 g/mol. The zero-order valence-corrected chi connectivity index (χ0v) is 9.70. The molecule has 0 aliphatic rings. The molecule has 0 saturated carbocycles. The Bertz CT molecular complexity index is 332.